The molecule has 0 aliphatic rings. The first-order valence-electron chi connectivity index (χ1n) is 5.33. The SMILES string of the molecule is CCOCCCS(=O)CCNC(C)C. The largest absolute Gasteiger partial charge is 0.382 e. The van der Waals surface area contributed by atoms with Crippen LogP contribution in [0.5, 0.6) is 0 Å². The molecule has 0 aliphatic carbocycles. The average Bonchev–Trinajstić information content (AvgIpc) is 2.12. The van der Waals surface area contributed by atoms with Crippen LogP contribution in [0.3, 0.4) is 0 Å². The van der Waals surface area contributed by atoms with Crippen molar-refractivity contribution in [2.24, 2.45) is 0 Å². The molecule has 1 unspecified atom stereocenters. The lowest BCUT2D eigenvalue weighted by atomic mass is 10.4. The molecule has 1 atom stereocenters. The zero-order valence-electron chi connectivity index (χ0n) is 9.54. The van der Waals surface area contributed by atoms with E-state index < -0.39 is 10.8 Å². The molecule has 0 amide bonds. The van der Waals surface area contributed by atoms with Gasteiger partial charge in [0.05, 0.1) is 0 Å². The van der Waals surface area contributed by atoms with Gasteiger partial charge in [-0.1, -0.05) is 13.8 Å². The normalized spacial score (nSPS) is 13.4. The molecule has 0 saturated heterocycles. The minimum absolute atomic E-state index is 0.482. The summed E-state index contributed by atoms with van der Waals surface area (Å²) in [7, 11) is -0.682. The maximum Gasteiger partial charge on any atom is 0.0474 e. The van der Waals surface area contributed by atoms with Gasteiger partial charge in [0, 0.05) is 48.1 Å². The fraction of sp³-hybridized carbons (Fsp3) is 1.00. The lowest BCUT2D eigenvalue weighted by molar-refractivity contribution is 0.149. The van der Waals surface area contributed by atoms with Crippen molar-refractivity contribution >= 4 is 10.8 Å². The van der Waals surface area contributed by atoms with E-state index in [0.717, 1.165) is 37.7 Å². The summed E-state index contributed by atoms with van der Waals surface area (Å²) < 4.78 is 16.6. The van der Waals surface area contributed by atoms with Crippen LogP contribution in [0.25, 0.3) is 0 Å². The molecule has 0 rings (SSSR count). The number of nitrogens with one attached hydrogen (secondary N) is 1. The van der Waals surface area contributed by atoms with Gasteiger partial charge in [-0.3, -0.25) is 4.21 Å². The van der Waals surface area contributed by atoms with Gasteiger partial charge in [0.15, 0.2) is 0 Å². The minimum Gasteiger partial charge on any atom is -0.382 e. The molecule has 4 heteroatoms. The Balaban J connectivity index is 3.20. The Morgan fingerprint density at radius 2 is 2.07 bits per heavy atom. The first-order valence-corrected chi connectivity index (χ1v) is 6.81. The number of hydrogen-bond donors (Lipinski definition) is 1. The summed E-state index contributed by atoms with van der Waals surface area (Å²) >= 11 is 0. The second-order valence-corrected chi connectivity index (χ2v) is 5.20. The maximum absolute atomic E-state index is 11.4. The van der Waals surface area contributed by atoms with Crippen LogP contribution in [-0.4, -0.2) is 41.5 Å². The Morgan fingerprint density at radius 1 is 1.36 bits per heavy atom. The predicted molar refractivity (Wildman–Crippen MR) is 62.1 cm³/mol. The van der Waals surface area contributed by atoms with Crippen LogP contribution in [0.15, 0.2) is 0 Å². The molecule has 0 radical (unpaired) electrons. The van der Waals surface area contributed by atoms with Crippen LogP contribution in [0.1, 0.15) is 27.2 Å². The van der Waals surface area contributed by atoms with Gasteiger partial charge in [0.1, 0.15) is 0 Å². The summed E-state index contributed by atoms with van der Waals surface area (Å²) in [5.41, 5.74) is 0. The van der Waals surface area contributed by atoms with Crippen molar-refractivity contribution in [1.29, 1.82) is 0 Å². The van der Waals surface area contributed by atoms with E-state index in [2.05, 4.69) is 19.2 Å². The fourth-order valence-electron chi connectivity index (χ4n) is 1.03. The first kappa shape index (κ1) is 14.1. The van der Waals surface area contributed by atoms with E-state index in [0.29, 0.717) is 6.04 Å². The molecule has 0 fully saturated rings. The van der Waals surface area contributed by atoms with Gasteiger partial charge in [0.2, 0.25) is 0 Å². The van der Waals surface area contributed by atoms with E-state index in [1.807, 2.05) is 6.92 Å². The third kappa shape index (κ3) is 10.2. The predicted octanol–water partition coefficient (Wildman–Crippen LogP) is 1.16. The van der Waals surface area contributed by atoms with Gasteiger partial charge >= 0.3 is 0 Å². The van der Waals surface area contributed by atoms with Crippen LogP contribution < -0.4 is 5.32 Å². The molecule has 0 saturated carbocycles. The summed E-state index contributed by atoms with van der Waals surface area (Å²) in [4.78, 5) is 0. The summed E-state index contributed by atoms with van der Waals surface area (Å²) in [6.45, 7) is 8.50. The average molecular weight is 221 g/mol. The number of ether oxygens (including phenoxy) is 1. The quantitative estimate of drug-likeness (QED) is 0.594. The van der Waals surface area contributed by atoms with Crippen molar-refractivity contribution in [2.45, 2.75) is 33.2 Å². The second kappa shape index (κ2) is 9.62. The lowest BCUT2D eigenvalue weighted by Crippen LogP contribution is -2.27. The van der Waals surface area contributed by atoms with E-state index in [4.69, 9.17) is 4.74 Å². The van der Waals surface area contributed by atoms with Gasteiger partial charge in [0.25, 0.3) is 0 Å². The van der Waals surface area contributed by atoms with Crippen molar-refractivity contribution < 1.29 is 8.95 Å². The van der Waals surface area contributed by atoms with E-state index in [1.165, 1.54) is 0 Å². The molecule has 0 aromatic carbocycles. The van der Waals surface area contributed by atoms with Gasteiger partial charge in [-0.15, -0.1) is 0 Å². The molecule has 0 aromatic heterocycles. The fourth-order valence-corrected chi connectivity index (χ4v) is 2.02. The zero-order chi connectivity index (χ0) is 10.8. The minimum atomic E-state index is -0.682. The third-order valence-electron chi connectivity index (χ3n) is 1.75. The highest BCUT2D eigenvalue weighted by molar-refractivity contribution is 7.84. The highest BCUT2D eigenvalue weighted by atomic mass is 32.2. The van der Waals surface area contributed by atoms with Crippen molar-refractivity contribution in [1.82, 2.24) is 5.32 Å². The van der Waals surface area contributed by atoms with Crippen molar-refractivity contribution in [2.75, 3.05) is 31.3 Å². The topological polar surface area (TPSA) is 38.3 Å². The Hall–Kier alpha value is 0.0700. The van der Waals surface area contributed by atoms with Crippen LogP contribution in [-0.2, 0) is 15.5 Å². The molecule has 14 heavy (non-hydrogen) atoms. The van der Waals surface area contributed by atoms with Crippen LogP contribution in [0.4, 0.5) is 0 Å². The van der Waals surface area contributed by atoms with E-state index in [1.54, 1.807) is 0 Å². The van der Waals surface area contributed by atoms with Crippen molar-refractivity contribution in [3.63, 3.8) is 0 Å². The highest BCUT2D eigenvalue weighted by Gasteiger charge is 2.00. The van der Waals surface area contributed by atoms with Crippen LogP contribution in [0, 0.1) is 0 Å². The smallest absolute Gasteiger partial charge is 0.0474 e. The maximum atomic E-state index is 11.4. The molecular weight excluding hydrogens is 198 g/mol. The zero-order valence-corrected chi connectivity index (χ0v) is 10.4. The number of rotatable bonds is 9. The molecule has 86 valence electrons. The molecule has 1 N–H and O–H groups in total. The third-order valence-corrected chi connectivity index (χ3v) is 3.15. The molecule has 0 bridgehead atoms. The molecule has 0 heterocycles. The summed E-state index contributed by atoms with van der Waals surface area (Å²) in [6, 6.07) is 0.482. The molecular formula is C10H23NO2S. The van der Waals surface area contributed by atoms with Gasteiger partial charge < -0.3 is 10.1 Å². The van der Waals surface area contributed by atoms with Gasteiger partial charge in [-0.05, 0) is 13.3 Å². The van der Waals surface area contributed by atoms with Crippen molar-refractivity contribution in [3.05, 3.63) is 0 Å². The Morgan fingerprint density at radius 3 is 2.64 bits per heavy atom. The van der Waals surface area contributed by atoms with E-state index in [-0.39, 0.29) is 0 Å². The van der Waals surface area contributed by atoms with E-state index in [9.17, 15) is 4.21 Å². The standard InChI is InChI=1S/C10H23NO2S/c1-4-13-7-5-8-14(12)9-6-11-10(2)3/h10-11H,4-9H2,1-3H3. The Kier molecular flexibility index (Phi) is 9.67. The van der Waals surface area contributed by atoms with Gasteiger partial charge in [-0.2, -0.15) is 0 Å². The van der Waals surface area contributed by atoms with Crippen LogP contribution >= 0.6 is 0 Å². The van der Waals surface area contributed by atoms with Crippen LogP contribution in [0.2, 0.25) is 0 Å². The van der Waals surface area contributed by atoms with E-state index >= 15 is 0 Å². The van der Waals surface area contributed by atoms with Crippen molar-refractivity contribution in [3.8, 4) is 0 Å². The van der Waals surface area contributed by atoms with Gasteiger partial charge in [-0.25, -0.2) is 0 Å². The summed E-state index contributed by atoms with van der Waals surface area (Å²) in [5.74, 6) is 1.52. The lowest BCUT2D eigenvalue weighted by Gasteiger charge is -2.07. The molecule has 0 aliphatic heterocycles. The Labute approximate surface area is 90.1 Å². The first-order chi connectivity index (χ1) is 6.66. The second-order valence-electron chi connectivity index (χ2n) is 3.51. The monoisotopic (exact) mass is 221 g/mol. The summed E-state index contributed by atoms with van der Waals surface area (Å²) in [5, 5.41) is 3.25. The molecule has 0 spiro atoms. The Bertz CT molecular complexity index is 151. The number of hydrogen-bond acceptors (Lipinski definition) is 3. The molecule has 3 nitrogen and oxygen atoms in total. The summed E-state index contributed by atoms with van der Waals surface area (Å²) in [6.07, 6.45) is 0.905. The highest BCUT2D eigenvalue weighted by Crippen LogP contribution is 1.89. The molecule has 0 aromatic rings.